The van der Waals surface area contributed by atoms with Gasteiger partial charge in [-0.15, -0.1) is 0 Å². The number of hydrogen-bond donors (Lipinski definition) is 1. The molecule has 1 N–H and O–H groups in total. The summed E-state index contributed by atoms with van der Waals surface area (Å²) < 4.78 is 13.3. The fraction of sp³-hybridized carbons (Fsp3) is 0.571. The Balaban J connectivity index is 1.74. The number of aliphatic hydroxyl groups excluding tert-OH is 1. The highest BCUT2D eigenvalue weighted by Gasteiger charge is 2.21. The first-order chi connectivity index (χ1) is 13.2. The highest BCUT2D eigenvalue weighted by atomic mass is 16.5. The first-order valence-electron chi connectivity index (χ1n) is 9.77. The van der Waals surface area contributed by atoms with E-state index in [0.717, 1.165) is 55.2 Å². The standard InChI is InChI=1S/C21H31N3O3/c1-16-13-18(20(27-3)19(14-16)26-2)21-22-8-12-24(21)11-6-10-23-9-5-4-7-17(23)15-25/h8,12-14,17,25H,4-7,9-11,15H2,1-3H3. The number of nitrogens with zero attached hydrogens (tertiary/aromatic N) is 3. The Labute approximate surface area is 161 Å². The van der Waals surface area contributed by atoms with Gasteiger partial charge in [-0.25, -0.2) is 4.98 Å². The summed E-state index contributed by atoms with van der Waals surface area (Å²) in [5.41, 5.74) is 2.06. The van der Waals surface area contributed by atoms with Crippen molar-refractivity contribution in [3.8, 4) is 22.9 Å². The summed E-state index contributed by atoms with van der Waals surface area (Å²) in [7, 11) is 3.32. The van der Waals surface area contributed by atoms with Crippen LogP contribution in [0.4, 0.5) is 0 Å². The first kappa shape index (κ1) is 19.7. The number of methoxy groups -OCH3 is 2. The van der Waals surface area contributed by atoms with Gasteiger partial charge in [-0.2, -0.15) is 0 Å². The third kappa shape index (κ3) is 4.45. The summed E-state index contributed by atoms with van der Waals surface area (Å²) in [6.07, 6.45) is 8.43. The molecule has 1 fully saturated rings. The van der Waals surface area contributed by atoms with Crippen molar-refractivity contribution >= 4 is 0 Å². The number of aliphatic hydroxyl groups is 1. The van der Waals surface area contributed by atoms with E-state index in [2.05, 4.69) is 20.5 Å². The van der Waals surface area contributed by atoms with Crippen LogP contribution in [0.15, 0.2) is 24.5 Å². The lowest BCUT2D eigenvalue weighted by molar-refractivity contribution is 0.0882. The number of aromatic nitrogens is 2. The number of aryl methyl sites for hydroxylation is 2. The van der Waals surface area contributed by atoms with Gasteiger partial charge in [-0.05, 0) is 50.4 Å². The van der Waals surface area contributed by atoms with Gasteiger partial charge in [0.05, 0.1) is 26.4 Å². The summed E-state index contributed by atoms with van der Waals surface area (Å²) in [5.74, 6) is 2.33. The topological polar surface area (TPSA) is 59.8 Å². The van der Waals surface area contributed by atoms with Gasteiger partial charge in [-0.1, -0.05) is 6.42 Å². The maximum atomic E-state index is 9.59. The van der Waals surface area contributed by atoms with Crippen molar-refractivity contribution < 1.29 is 14.6 Å². The average molecular weight is 373 g/mol. The van der Waals surface area contributed by atoms with Crippen LogP contribution < -0.4 is 9.47 Å². The van der Waals surface area contributed by atoms with Crippen LogP contribution in [0.2, 0.25) is 0 Å². The highest BCUT2D eigenvalue weighted by Crippen LogP contribution is 2.38. The molecule has 27 heavy (non-hydrogen) atoms. The molecule has 2 aromatic rings. The minimum Gasteiger partial charge on any atom is -0.493 e. The number of piperidine rings is 1. The average Bonchev–Trinajstić information content (AvgIpc) is 3.16. The minimum atomic E-state index is 0.261. The quantitative estimate of drug-likeness (QED) is 0.770. The first-order valence-corrected chi connectivity index (χ1v) is 9.77. The lowest BCUT2D eigenvalue weighted by Crippen LogP contribution is -2.42. The molecule has 0 spiro atoms. The summed E-state index contributed by atoms with van der Waals surface area (Å²) in [5, 5.41) is 9.59. The summed E-state index contributed by atoms with van der Waals surface area (Å²) >= 11 is 0. The van der Waals surface area contributed by atoms with E-state index in [4.69, 9.17) is 9.47 Å². The normalized spacial score (nSPS) is 17.9. The van der Waals surface area contributed by atoms with Crippen molar-refractivity contribution in [3.63, 3.8) is 0 Å². The second-order valence-electron chi connectivity index (χ2n) is 7.21. The summed E-state index contributed by atoms with van der Waals surface area (Å²) in [6.45, 7) is 5.27. The molecular formula is C21H31N3O3. The molecule has 6 heteroatoms. The molecule has 1 aliphatic rings. The molecule has 0 aliphatic carbocycles. The fourth-order valence-corrected chi connectivity index (χ4v) is 4.01. The van der Waals surface area contributed by atoms with Gasteiger partial charge in [0.1, 0.15) is 5.82 Å². The van der Waals surface area contributed by atoms with Gasteiger partial charge in [-0.3, -0.25) is 4.90 Å². The Morgan fingerprint density at radius 1 is 1.19 bits per heavy atom. The third-order valence-corrected chi connectivity index (χ3v) is 5.38. The minimum absolute atomic E-state index is 0.261. The van der Waals surface area contributed by atoms with E-state index in [-0.39, 0.29) is 6.61 Å². The van der Waals surface area contributed by atoms with Gasteiger partial charge >= 0.3 is 0 Å². The smallest absolute Gasteiger partial charge is 0.171 e. The van der Waals surface area contributed by atoms with Crippen molar-refractivity contribution in [2.45, 2.75) is 45.2 Å². The molecule has 1 aliphatic heterocycles. The zero-order valence-corrected chi connectivity index (χ0v) is 16.6. The second-order valence-corrected chi connectivity index (χ2v) is 7.21. The monoisotopic (exact) mass is 373 g/mol. The zero-order chi connectivity index (χ0) is 19.2. The molecule has 1 saturated heterocycles. The predicted octanol–water partition coefficient (Wildman–Crippen LogP) is 3.11. The molecule has 6 nitrogen and oxygen atoms in total. The van der Waals surface area contributed by atoms with Crippen LogP contribution in [-0.2, 0) is 6.54 Å². The highest BCUT2D eigenvalue weighted by molar-refractivity contribution is 5.70. The van der Waals surface area contributed by atoms with Crippen molar-refractivity contribution in [2.24, 2.45) is 0 Å². The van der Waals surface area contributed by atoms with Crippen LogP contribution >= 0.6 is 0 Å². The van der Waals surface area contributed by atoms with Crippen LogP contribution in [0, 0.1) is 6.92 Å². The molecule has 148 valence electrons. The Morgan fingerprint density at radius 3 is 2.78 bits per heavy atom. The fourth-order valence-electron chi connectivity index (χ4n) is 4.01. The molecular weight excluding hydrogens is 342 g/mol. The van der Waals surface area contributed by atoms with Crippen molar-refractivity contribution in [2.75, 3.05) is 33.9 Å². The van der Waals surface area contributed by atoms with Crippen LogP contribution in [-0.4, -0.2) is 59.5 Å². The molecule has 1 aromatic carbocycles. The molecule has 2 heterocycles. The molecule has 1 aromatic heterocycles. The van der Waals surface area contributed by atoms with E-state index < -0.39 is 0 Å². The van der Waals surface area contributed by atoms with E-state index in [9.17, 15) is 5.11 Å². The number of ether oxygens (including phenoxy) is 2. The molecule has 0 bridgehead atoms. The zero-order valence-electron chi connectivity index (χ0n) is 16.6. The summed E-state index contributed by atoms with van der Waals surface area (Å²) in [4.78, 5) is 7.01. The molecule has 1 unspecified atom stereocenters. The van der Waals surface area contributed by atoms with Crippen molar-refractivity contribution in [3.05, 3.63) is 30.1 Å². The Kier molecular flexibility index (Phi) is 6.74. The van der Waals surface area contributed by atoms with Crippen LogP contribution in [0.25, 0.3) is 11.4 Å². The van der Waals surface area contributed by atoms with Gasteiger partial charge in [0, 0.05) is 31.5 Å². The second kappa shape index (κ2) is 9.24. The lowest BCUT2D eigenvalue weighted by atomic mass is 10.0. The largest absolute Gasteiger partial charge is 0.493 e. The third-order valence-electron chi connectivity index (χ3n) is 5.38. The van der Waals surface area contributed by atoms with E-state index in [0.29, 0.717) is 11.8 Å². The van der Waals surface area contributed by atoms with Crippen molar-refractivity contribution in [1.82, 2.24) is 14.5 Å². The Hall–Kier alpha value is -2.05. The summed E-state index contributed by atoms with van der Waals surface area (Å²) in [6, 6.07) is 4.38. The van der Waals surface area contributed by atoms with Gasteiger partial charge in [0.15, 0.2) is 11.5 Å². The number of rotatable bonds is 8. The lowest BCUT2D eigenvalue weighted by Gasteiger charge is -2.34. The maximum absolute atomic E-state index is 9.59. The number of likely N-dealkylation sites (tertiary alicyclic amines) is 1. The number of benzene rings is 1. The number of imidazole rings is 1. The van der Waals surface area contributed by atoms with E-state index >= 15 is 0 Å². The Bertz CT molecular complexity index is 744. The predicted molar refractivity (Wildman–Crippen MR) is 106 cm³/mol. The van der Waals surface area contributed by atoms with Gasteiger partial charge in [0.2, 0.25) is 0 Å². The van der Waals surface area contributed by atoms with E-state index in [1.807, 2.05) is 25.4 Å². The Morgan fingerprint density at radius 2 is 2.04 bits per heavy atom. The van der Waals surface area contributed by atoms with Crippen LogP contribution in [0.3, 0.4) is 0 Å². The molecule has 0 saturated carbocycles. The van der Waals surface area contributed by atoms with Crippen molar-refractivity contribution in [1.29, 1.82) is 0 Å². The van der Waals surface area contributed by atoms with Gasteiger partial charge in [0.25, 0.3) is 0 Å². The molecule has 1 atom stereocenters. The van der Waals surface area contributed by atoms with Crippen LogP contribution in [0.5, 0.6) is 11.5 Å². The van der Waals surface area contributed by atoms with E-state index in [1.165, 1.54) is 12.8 Å². The molecule has 3 rings (SSSR count). The molecule has 0 radical (unpaired) electrons. The van der Waals surface area contributed by atoms with Crippen LogP contribution in [0.1, 0.15) is 31.2 Å². The number of hydrogen-bond acceptors (Lipinski definition) is 5. The SMILES string of the molecule is COc1cc(C)cc(-c2nccn2CCCN2CCCCC2CO)c1OC. The maximum Gasteiger partial charge on any atom is 0.171 e. The molecule has 0 amide bonds. The van der Waals surface area contributed by atoms with E-state index in [1.54, 1.807) is 14.2 Å². The van der Waals surface area contributed by atoms with Gasteiger partial charge < -0.3 is 19.1 Å².